The highest BCUT2D eigenvalue weighted by atomic mass is 35.5. The Kier molecular flexibility index (Phi) is 4.70. The van der Waals surface area contributed by atoms with Crippen LogP contribution in [0.2, 0.25) is 5.02 Å². The number of nitrogens with zero attached hydrogens (tertiary/aromatic N) is 1. The molecule has 1 aromatic carbocycles. The van der Waals surface area contributed by atoms with Crippen molar-refractivity contribution in [2.24, 2.45) is 0 Å². The maximum absolute atomic E-state index is 12.7. The molecule has 1 aliphatic rings. The van der Waals surface area contributed by atoms with E-state index < -0.39 is 11.8 Å². The Hall–Kier alpha value is -0.980. The van der Waals surface area contributed by atoms with Crippen molar-refractivity contribution in [3.8, 4) is 0 Å². The van der Waals surface area contributed by atoms with Crippen LogP contribution < -0.4 is 5.73 Å². The lowest BCUT2D eigenvalue weighted by Gasteiger charge is -2.39. The smallest absolute Gasteiger partial charge is 0.399 e. The summed E-state index contributed by atoms with van der Waals surface area (Å²) in [6.45, 7) is 1.06. The van der Waals surface area contributed by atoms with E-state index in [0.717, 1.165) is 5.56 Å². The molecule has 0 bridgehead atoms. The lowest BCUT2D eigenvalue weighted by Crippen LogP contribution is -2.53. The third-order valence-corrected chi connectivity index (χ3v) is 4.34. The second-order valence-corrected chi connectivity index (χ2v) is 5.88. The number of hydrogen-bond donors (Lipinski definition) is 2. The summed E-state index contributed by atoms with van der Waals surface area (Å²) in [4.78, 5) is 1.91. The average Bonchev–Trinajstić information content (AvgIpc) is 2.38. The third kappa shape index (κ3) is 3.81. The van der Waals surface area contributed by atoms with Gasteiger partial charge in [-0.25, -0.2) is 0 Å². The topological polar surface area (TPSA) is 49.5 Å². The van der Waals surface area contributed by atoms with E-state index in [1.807, 2.05) is 11.0 Å². The van der Waals surface area contributed by atoms with Crippen molar-refractivity contribution >= 4 is 17.3 Å². The number of nitrogen functional groups attached to an aromatic ring is 1. The molecule has 1 heterocycles. The van der Waals surface area contributed by atoms with Crippen molar-refractivity contribution in [2.75, 3.05) is 25.4 Å². The molecule has 0 aromatic heterocycles. The monoisotopic (exact) mass is 322 g/mol. The van der Waals surface area contributed by atoms with Gasteiger partial charge in [0.1, 0.15) is 0 Å². The van der Waals surface area contributed by atoms with E-state index in [9.17, 15) is 18.3 Å². The summed E-state index contributed by atoms with van der Waals surface area (Å²) in [6, 6.07) is 5.24. The molecule has 21 heavy (non-hydrogen) atoms. The van der Waals surface area contributed by atoms with Crippen LogP contribution in [0.4, 0.5) is 18.9 Å². The summed E-state index contributed by atoms with van der Waals surface area (Å²) in [5.41, 5.74) is 4.57. The first-order chi connectivity index (χ1) is 9.71. The summed E-state index contributed by atoms with van der Waals surface area (Å²) >= 11 is 6.07. The molecule has 1 saturated heterocycles. The van der Waals surface area contributed by atoms with Crippen molar-refractivity contribution in [2.45, 2.75) is 31.0 Å². The minimum absolute atomic E-state index is 0.225. The van der Waals surface area contributed by atoms with Gasteiger partial charge in [0.25, 0.3) is 0 Å². The second kappa shape index (κ2) is 6.02. The molecular weight excluding hydrogens is 305 g/mol. The molecule has 0 spiro atoms. The molecule has 7 heteroatoms. The lowest BCUT2D eigenvalue weighted by molar-refractivity contribution is -0.272. The number of anilines is 1. The molecule has 0 aliphatic carbocycles. The van der Waals surface area contributed by atoms with Gasteiger partial charge in [-0.05, 0) is 37.0 Å². The molecule has 1 fully saturated rings. The van der Waals surface area contributed by atoms with Crippen molar-refractivity contribution in [1.29, 1.82) is 0 Å². The van der Waals surface area contributed by atoms with E-state index in [1.165, 1.54) is 0 Å². The van der Waals surface area contributed by atoms with Crippen LogP contribution in [-0.4, -0.2) is 41.4 Å². The third-order valence-electron chi connectivity index (χ3n) is 3.99. The summed E-state index contributed by atoms with van der Waals surface area (Å²) < 4.78 is 38.1. The van der Waals surface area contributed by atoms with E-state index in [1.54, 1.807) is 12.1 Å². The molecule has 1 aliphatic heterocycles. The Morgan fingerprint density at radius 2 is 1.90 bits per heavy atom. The van der Waals surface area contributed by atoms with Crippen LogP contribution in [0.3, 0.4) is 0 Å². The Labute approximate surface area is 126 Å². The number of benzene rings is 1. The maximum atomic E-state index is 12.7. The summed E-state index contributed by atoms with van der Waals surface area (Å²) in [5.74, 6) is 0. The van der Waals surface area contributed by atoms with Crippen molar-refractivity contribution < 1.29 is 18.3 Å². The van der Waals surface area contributed by atoms with Crippen LogP contribution >= 0.6 is 11.6 Å². The first kappa shape index (κ1) is 16.4. The number of nitrogens with two attached hydrogens (primary N) is 1. The molecular formula is C14H18ClF3N2O. The number of hydrogen-bond acceptors (Lipinski definition) is 3. The van der Waals surface area contributed by atoms with Crippen LogP contribution in [0, 0.1) is 0 Å². The molecule has 0 unspecified atom stereocenters. The number of alkyl halides is 3. The Bertz CT molecular complexity index is 499. The van der Waals surface area contributed by atoms with E-state index in [0.29, 0.717) is 23.7 Å². The molecule has 3 N–H and O–H groups in total. The number of rotatable bonds is 3. The normalized spacial score (nSPS) is 19.7. The van der Waals surface area contributed by atoms with Gasteiger partial charge in [0.05, 0.1) is 0 Å². The molecule has 0 radical (unpaired) electrons. The van der Waals surface area contributed by atoms with Gasteiger partial charge in [-0.15, -0.1) is 0 Å². The van der Waals surface area contributed by atoms with Crippen molar-refractivity contribution in [1.82, 2.24) is 4.90 Å². The summed E-state index contributed by atoms with van der Waals surface area (Å²) in [6.07, 6.45) is -4.49. The second-order valence-electron chi connectivity index (χ2n) is 5.47. The van der Waals surface area contributed by atoms with E-state index in [4.69, 9.17) is 17.3 Å². The van der Waals surface area contributed by atoms with Gasteiger partial charge in [-0.1, -0.05) is 17.7 Å². The minimum Gasteiger partial charge on any atom is -0.399 e. The van der Waals surface area contributed by atoms with Crippen molar-refractivity contribution in [3.05, 3.63) is 28.8 Å². The Morgan fingerprint density at radius 1 is 1.29 bits per heavy atom. The van der Waals surface area contributed by atoms with Crippen LogP contribution in [0.5, 0.6) is 0 Å². The first-order valence-electron chi connectivity index (χ1n) is 6.77. The molecule has 3 nitrogen and oxygen atoms in total. The molecule has 2 rings (SSSR count). The van der Waals surface area contributed by atoms with Gasteiger partial charge in [0, 0.05) is 30.3 Å². The van der Waals surface area contributed by atoms with Gasteiger partial charge >= 0.3 is 6.18 Å². The quantitative estimate of drug-likeness (QED) is 0.841. The van der Waals surface area contributed by atoms with Gasteiger partial charge < -0.3 is 15.7 Å². The zero-order chi connectivity index (χ0) is 15.7. The number of likely N-dealkylation sites (tertiary alicyclic amines) is 1. The number of aliphatic hydroxyl groups is 1. The van der Waals surface area contributed by atoms with Crippen LogP contribution in [0.25, 0.3) is 0 Å². The Balaban J connectivity index is 1.87. The predicted octanol–water partition coefficient (Wildman–Crippen LogP) is 2.85. The highest BCUT2D eigenvalue weighted by molar-refractivity contribution is 6.31. The maximum Gasteiger partial charge on any atom is 0.417 e. The fourth-order valence-corrected chi connectivity index (χ4v) is 2.76. The highest BCUT2D eigenvalue weighted by Crippen LogP contribution is 2.38. The molecule has 0 atom stereocenters. The standard InChI is InChI=1S/C14H18ClF3N2O/c15-12-9-11(19)2-1-10(12)3-6-20-7-4-13(21,5-8-20)14(16,17)18/h1-2,9,21H,3-8,19H2. The molecule has 0 amide bonds. The van der Waals surface area contributed by atoms with Crippen LogP contribution in [0.1, 0.15) is 18.4 Å². The van der Waals surface area contributed by atoms with Gasteiger partial charge in [-0.2, -0.15) is 13.2 Å². The van der Waals surface area contributed by atoms with E-state index in [2.05, 4.69) is 0 Å². The highest BCUT2D eigenvalue weighted by Gasteiger charge is 2.54. The fourth-order valence-electron chi connectivity index (χ4n) is 2.47. The van der Waals surface area contributed by atoms with E-state index in [-0.39, 0.29) is 25.9 Å². The van der Waals surface area contributed by atoms with Gasteiger partial charge in [0.15, 0.2) is 5.60 Å². The minimum atomic E-state index is -4.56. The van der Waals surface area contributed by atoms with Gasteiger partial charge in [-0.3, -0.25) is 0 Å². The zero-order valence-corrected chi connectivity index (χ0v) is 12.2. The lowest BCUT2D eigenvalue weighted by atomic mass is 9.90. The van der Waals surface area contributed by atoms with Crippen molar-refractivity contribution in [3.63, 3.8) is 0 Å². The number of halogens is 4. The summed E-state index contributed by atoms with van der Waals surface area (Å²) in [5, 5.41) is 10.2. The van der Waals surface area contributed by atoms with Crippen LogP contribution in [-0.2, 0) is 6.42 Å². The largest absolute Gasteiger partial charge is 0.417 e. The fraction of sp³-hybridized carbons (Fsp3) is 0.571. The number of piperidine rings is 1. The summed E-state index contributed by atoms with van der Waals surface area (Å²) in [7, 11) is 0. The SMILES string of the molecule is Nc1ccc(CCN2CCC(O)(C(F)(F)F)CC2)c(Cl)c1. The average molecular weight is 323 g/mol. The van der Waals surface area contributed by atoms with E-state index >= 15 is 0 Å². The molecule has 0 saturated carbocycles. The Morgan fingerprint density at radius 3 is 2.43 bits per heavy atom. The predicted molar refractivity (Wildman–Crippen MR) is 76.2 cm³/mol. The van der Waals surface area contributed by atoms with Gasteiger partial charge in [0.2, 0.25) is 0 Å². The first-order valence-corrected chi connectivity index (χ1v) is 7.14. The molecule has 1 aromatic rings. The zero-order valence-electron chi connectivity index (χ0n) is 11.5. The van der Waals surface area contributed by atoms with Crippen LogP contribution in [0.15, 0.2) is 18.2 Å². The molecule has 118 valence electrons.